The highest BCUT2D eigenvalue weighted by molar-refractivity contribution is 7.90. The normalized spacial score (nSPS) is 40.3. The molecule has 3 fully saturated rings. The lowest BCUT2D eigenvalue weighted by atomic mass is 9.47. The Balaban J connectivity index is 1.30. The molecule has 5 heteroatoms. The van der Waals surface area contributed by atoms with Crippen LogP contribution in [0, 0.1) is 34.5 Å². The first-order valence-corrected chi connectivity index (χ1v) is 14.7. The molecule has 7 atom stereocenters. The third-order valence-corrected chi connectivity index (χ3v) is 11.6. The molecule has 4 nitrogen and oxygen atoms in total. The van der Waals surface area contributed by atoms with Crippen molar-refractivity contribution in [2.24, 2.45) is 34.5 Å². The van der Waals surface area contributed by atoms with Gasteiger partial charge < -0.3 is 4.90 Å². The Morgan fingerprint density at radius 2 is 1.73 bits per heavy atom. The summed E-state index contributed by atoms with van der Waals surface area (Å²) >= 11 is 0. The van der Waals surface area contributed by atoms with Gasteiger partial charge >= 0.3 is 0 Å². The maximum atomic E-state index is 12.3. The molecule has 5 rings (SSSR count). The van der Waals surface area contributed by atoms with Crippen LogP contribution in [0.5, 0.6) is 0 Å². The first-order valence-electron chi connectivity index (χ1n) is 12.8. The van der Waals surface area contributed by atoms with Crippen molar-refractivity contribution in [3.63, 3.8) is 0 Å². The number of amides is 1. The molecule has 0 aromatic heterocycles. The fourth-order valence-electron chi connectivity index (χ4n) is 8.57. The molecule has 0 radical (unpaired) electrons. The van der Waals surface area contributed by atoms with E-state index in [1.165, 1.54) is 50.3 Å². The van der Waals surface area contributed by atoms with E-state index in [-0.39, 0.29) is 11.3 Å². The van der Waals surface area contributed by atoms with Crippen LogP contribution < -0.4 is 0 Å². The first-order chi connectivity index (χ1) is 15.5. The standard InChI is InChI=1S/C28H39NO3S/c1-27-17-15-24-22(12-14-25-28(24,2)18-16-26(30)29(25)3)23(27)13-9-20(27)8-5-19-6-10-21(11-7-19)33(4,31)32/h6-7,10-11,16,18,20,22-25H,5,8-9,12-15,17H2,1-4H3/t20-,22-,23-,24-,25+,27+,28+/m0/s1. The summed E-state index contributed by atoms with van der Waals surface area (Å²) in [5, 5.41) is 0. The molecule has 0 bridgehead atoms. The number of nitrogens with zero attached hydrogens (tertiary/aromatic N) is 1. The van der Waals surface area contributed by atoms with Crippen LogP contribution in [0.3, 0.4) is 0 Å². The summed E-state index contributed by atoms with van der Waals surface area (Å²) in [6.45, 7) is 4.99. The summed E-state index contributed by atoms with van der Waals surface area (Å²) in [5.41, 5.74) is 1.78. The Morgan fingerprint density at radius 3 is 2.42 bits per heavy atom. The van der Waals surface area contributed by atoms with Crippen LogP contribution in [0.25, 0.3) is 0 Å². The van der Waals surface area contributed by atoms with Gasteiger partial charge in [-0.05, 0) is 104 Å². The lowest BCUT2D eigenvalue weighted by Crippen LogP contribution is -2.59. The van der Waals surface area contributed by atoms with Crippen LogP contribution in [0.1, 0.15) is 64.4 Å². The first kappa shape index (κ1) is 23.1. The van der Waals surface area contributed by atoms with Crippen LogP contribution in [0.15, 0.2) is 41.3 Å². The van der Waals surface area contributed by atoms with Crippen molar-refractivity contribution in [2.75, 3.05) is 13.3 Å². The molecule has 33 heavy (non-hydrogen) atoms. The molecule has 1 aromatic rings. The van der Waals surface area contributed by atoms with Gasteiger partial charge in [0.25, 0.3) is 0 Å². The Morgan fingerprint density at radius 1 is 1.00 bits per heavy atom. The zero-order valence-electron chi connectivity index (χ0n) is 20.6. The minimum atomic E-state index is -3.13. The van der Waals surface area contributed by atoms with Crippen molar-refractivity contribution in [3.8, 4) is 0 Å². The van der Waals surface area contributed by atoms with Crippen LogP contribution in [0.4, 0.5) is 0 Å². The van der Waals surface area contributed by atoms with Crippen molar-refractivity contribution < 1.29 is 13.2 Å². The van der Waals surface area contributed by atoms with E-state index >= 15 is 0 Å². The van der Waals surface area contributed by atoms with E-state index in [1.54, 1.807) is 12.1 Å². The molecule has 4 aliphatic rings. The van der Waals surface area contributed by atoms with Crippen molar-refractivity contribution in [3.05, 3.63) is 42.0 Å². The number of hydrogen-bond acceptors (Lipinski definition) is 3. The summed E-state index contributed by atoms with van der Waals surface area (Å²) in [6, 6.07) is 7.86. The minimum absolute atomic E-state index is 0.117. The second kappa shape index (κ2) is 7.96. The number of aryl methyl sites for hydroxylation is 1. The maximum absolute atomic E-state index is 12.3. The van der Waals surface area contributed by atoms with Gasteiger partial charge in [-0.25, -0.2) is 8.42 Å². The molecule has 0 N–H and O–H groups in total. The van der Waals surface area contributed by atoms with E-state index in [0.29, 0.717) is 22.3 Å². The van der Waals surface area contributed by atoms with E-state index in [4.69, 9.17) is 0 Å². The third kappa shape index (κ3) is 3.69. The zero-order chi connectivity index (χ0) is 23.6. The maximum Gasteiger partial charge on any atom is 0.246 e. The average molecular weight is 470 g/mol. The summed E-state index contributed by atoms with van der Waals surface area (Å²) in [6.07, 6.45) is 15.2. The minimum Gasteiger partial charge on any atom is -0.338 e. The molecule has 180 valence electrons. The number of benzene rings is 1. The molecule has 3 saturated carbocycles. The van der Waals surface area contributed by atoms with E-state index < -0.39 is 9.84 Å². The van der Waals surface area contributed by atoms with Gasteiger partial charge in [-0.1, -0.05) is 32.1 Å². The van der Waals surface area contributed by atoms with Gasteiger partial charge in [-0.3, -0.25) is 4.79 Å². The monoisotopic (exact) mass is 469 g/mol. The van der Waals surface area contributed by atoms with Crippen molar-refractivity contribution in [1.29, 1.82) is 0 Å². The second-order valence-corrected chi connectivity index (χ2v) is 13.9. The smallest absolute Gasteiger partial charge is 0.246 e. The molecule has 3 aliphatic carbocycles. The number of carbonyl (C=O) groups excluding carboxylic acids is 1. The van der Waals surface area contributed by atoms with Gasteiger partial charge in [0.2, 0.25) is 5.91 Å². The summed E-state index contributed by atoms with van der Waals surface area (Å²) < 4.78 is 23.5. The van der Waals surface area contributed by atoms with Gasteiger partial charge in [0, 0.05) is 24.8 Å². The average Bonchev–Trinajstić information content (AvgIpc) is 3.11. The predicted octanol–water partition coefficient (Wildman–Crippen LogP) is 5.28. The molecule has 0 spiro atoms. The summed E-state index contributed by atoms with van der Waals surface area (Å²) in [5.74, 6) is 3.17. The molecule has 1 amide bonds. The molecule has 0 unspecified atom stereocenters. The molecular weight excluding hydrogens is 430 g/mol. The highest BCUT2D eigenvalue weighted by Crippen LogP contribution is 2.66. The van der Waals surface area contributed by atoms with E-state index in [1.807, 2.05) is 30.2 Å². The van der Waals surface area contributed by atoms with E-state index in [9.17, 15) is 13.2 Å². The highest BCUT2D eigenvalue weighted by Gasteiger charge is 2.60. The number of rotatable bonds is 4. The summed E-state index contributed by atoms with van der Waals surface area (Å²) in [7, 11) is -1.14. The Hall–Kier alpha value is -1.62. The van der Waals surface area contributed by atoms with Gasteiger partial charge in [0.05, 0.1) is 4.90 Å². The van der Waals surface area contributed by atoms with E-state index in [0.717, 1.165) is 30.6 Å². The van der Waals surface area contributed by atoms with Gasteiger partial charge in [-0.15, -0.1) is 0 Å². The van der Waals surface area contributed by atoms with Crippen LogP contribution in [0.2, 0.25) is 0 Å². The number of carbonyl (C=O) groups is 1. The number of fused-ring (bicyclic) bond motifs is 5. The zero-order valence-corrected chi connectivity index (χ0v) is 21.4. The van der Waals surface area contributed by atoms with Gasteiger partial charge in [0.1, 0.15) is 0 Å². The lowest BCUT2D eigenvalue weighted by Gasteiger charge is -2.60. The SMILES string of the molecule is CN1C(=O)C=C[C@]2(C)[C@H]3CC[C@]4(C)[C@@H](CCc5ccc(S(C)(=O)=O)cc5)CC[C@H]4[C@@H]3CC[C@@H]12. The van der Waals surface area contributed by atoms with Crippen LogP contribution >= 0.6 is 0 Å². The Bertz CT molecular complexity index is 1060. The highest BCUT2D eigenvalue weighted by atomic mass is 32.2. The molecule has 0 saturated heterocycles. The largest absolute Gasteiger partial charge is 0.338 e. The number of hydrogen-bond donors (Lipinski definition) is 0. The molecule has 1 heterocycles. The lowest BCUT2D eigenvalue weighted by molar-refractivity contribution is -0.138. The topological polar surface area (TPSA) is 54.5 Å². The van der Waals surface area contributed by atoms with Crippen LogP contribution in [-0.2, 0) is 21.1 Å². The predicted molar refractivity (Wildman–Crippen MR) is 131 cm³/mol. The fourth-order valence-corrected chi connectivity index (χ4v) is 9.20. The number of sulfone groups is 1. The van der Waals surface area contributed by atoms with Crippen molar-refractivity contribution >= 4 is 15.7 Å². The quantitative estimate of drug-likeness (QED) is 0.603. The van der Waals surface area contributed by atoms with Gasteiger partial charge in [0.15, 0.2) is 9.84 Å². The van der Waals surface area contributed by atoms with Gasteiger partial charge in [-0.2, -0.15) is 0 Å². The third-order valence-electron chi connectivity index (χ3n) is 10.5. The van der Waals surface area contributed by atoms with E-state index in [2.05, 4.69) is 19.9 Å². The molecule has 1 aliphatic heterocycles. The van der Waals surface area contributed by atoms with Crippen LogP contribution in [-0.4, -0.2) is 38.6 Å². The van der Waals surface area contributed by atoms with Crippen molar-refractivity contribution in [2.45, 2.75) is 76.2 Å². The fraction of sp³-hybridized carbons (Fsp3) is 0.679. The number of likely N-dealkylation sites (N-methyl/N-ethyl adjacent to an activating group) is 1. The molecular formula is C28H39NO3S. The second-order valence-electron chi connectivity index (χ2n) is 11.9. The van der Waals surface area contributed by atoms with Crippen molar-refractivity contribution in [1.82, 2.24) is 4.90 Å². The Labute approximate surface area is 199 Å². The summed E-state index contributed by atoms with van der Waals surface area (Å²) in [4.78, 5) is 14.7. The Kier molecular flexibility index (Phi) is 5.58. The molecule has 1 aromatic carbocycles.